The molecule has 0 aliphatic carbocycles. The maximum atomic E-state index is 14.0. The average molecular weight is 604 g/mol. The minimum absolute atomic E-state index is 0.0825. The van der Waals surface area contributed by atoms with Gasteiger partial charge in [-0.1, -0.05) is 59.1 Å². The standard InChI is InChI=1S/C29H25Cl2FN2O3S2/c1-19-2-9-23(10-3-19)39(36,37)33(17-20-4-7-22(32)8-5-20)18-28(35)34-14-12-27-25(13-15-38-27)29(34)24-11-6-21(30)16-26(24)31/h2-11,13,15-16,29H,12,14,17-18H2,1H3/t29-/m0/s1. The first-order chi connectivity index (χ1) is 18.6. The Bertz CT molecular complexity index is 1610. The van der Waals surface area contributed by atoms with E-state index in [1.54, 1.807) is 40.5 Å². The zero-order chi connectivity index (χ0) is 27.7. The lowest BCUT2D eigenvalue weighted by atomic mass is 9.93. The number of amides is 1. The number of carbonyl (C=O) groups is 1. The van der Waals surface area contributed by atoms with E-state index in [1.165, 1.54) is 36.4 Å². The molecule has 0 unspecified atom stereocenters. The molecule has 4 aromatic rings. The molecule has 0 fully saturated rings. The van der Waals surface area contributed by atoms with Crippen LogP contribution in [0.5, 0.6) is 0 Å². The molecule has 2 heterocycles. The van der Waals surface area contributed by atoms with Gasteiger partial charge in [0, 0.05) is 28.0 Å². The Morgan fingerprint density at radius 1 is 1.03 bits per heavy atom. The Morgan fingerprint density at radius 3 is 2.44 bits per heavy atom. The Labute approximate surface area is 241 Å². The SMILES string of the molecule is Cc1ccc(S(=O)(=O)N(CC(=O)N2CCc3sccc3[C@@H]2c2ccc(Cl)cc2Cl)Cc2ccc(F)cc2)cc1. The normalized spacial score (nSPS) is 15.4. The number of aryl methyl sites for hydroxylation is 1. The van der Waals surface area contributed by atoms with Gasteiger partial charge >= 0.3 is 0 Å². The van der Waals surface area contributed by atoms with E-state index in [0.717, 1.165) is 25.9 Å². The summed E-state index contributed by atoms with van der Waals surface area (Å²) >= 11 is 14.4. The number of halogens is 3. The molecule has 5 rings (SSSR count). The molecular formula is C29H25Cl2FN2O3S2. The second-order valence-electron chi connectivity index (χ2n) is 9.42. The van der Waals surface area contributed by atoms with Crippen LogP contribution in [0.15, 0.2) is 83.1 Å². The lowest BCUT2D eigenvalue weighted by Crippen LogP contribution is -2.46. The lowest BCUT2D eigenvalue weighted by molar-refractivity contribution is -0.133. The van der Waals surface area contributed by atoms with Crippen molar-refractivity contribution in [1.82, 2.24) is 9.21 Å². The van der Waals surface area contributed by atoms with E-state index in [4.69, 9.17) is 23.2 Å². The quantitative estimate of drug-likeness (QED) is 0.232. The van der Waals surface area contributed by atoms with E-state index < -0.39 is 28.4 Å². The van der Waals surface area contributed by atoms with Crippen molar-refractivity contribution in [2.45, 2.75) is 30.8 Å². The van der Waals surface area contributed by atoms with Gasteiger partial charge in [-0.2, -0.15) is 4.31 Å². The average Bonchev–Trinajstić information content (AvgIpc) is 3.38. The number of rotatable bonds is 7. The zero-order valence-corrected chi connectivity index (χ0v) is 24.1. The molecule has 0 radical (unpaired) electrons. The predicted molar refractivity (Wildman–Crippen MR) is 153 cm³/mol. The first-order valence-corrected chi connectivity index (χ1v) is 15.3. The van der Waals surface area contributed by atoms with Crippen molar-refractivity contribution in [2.24, 2.45) is 0 Å². The smallest absolute Gasteiger partial charge is 0.243 e. The summed E-state index contributed by atoms with van der Waals surface area (Å²) < 4.78 is 42.3. The highest BCUT2D eigenvalue weighted by molar-refractivity contribution is 7.89. The summed E-state index contributed by atoms with van der Waals surface area (Å²) in [5.41, 5.74) is 3.17. The first-order valence-electron chi connectivity index (χ1n) is 12.3. The molecule has 1 aromatic heterocycles. The molecule has 10 heteroatoms. The lowest BCUT2D eigenvalue weighted by Gasteiger charge is -2.38. The number of benzene rings is 3. The minimum Gasteiger partial charge on any atom is -0.330 e. The molecule has 39 heavy (non-hydrogen) atoms. The molecule has 0 bridgehead atoms. The van der Waals surface area contributed by atoms with Crippen LogP contribution in [0.4, 0.5) is 4.39 Å². The molecule has 0 N–H and O–H groups in total. The summed E-state index contributed by atoms with van der Waals surface area (Å²) in [6.45, 7) is 1.79. The molecule has 1 amide bonds. The maximum Gasteiger partial charge on any atom is 0.243 e. The van der Waals surface area contributed by atoms with Crippen molar-refractivity contribution in [3.05, 3.63) is 121 Å². The van der Waals surface area contributed by atoms with Crippen LogP contribution >= 0.6 is 34.5 Å². The van der Waals surface area contributed by atoms with Crippen LogP contribution in [-0.2, 0) is 27.8 Å². The van der Waals surface area contributed by atoms with E-state index in [9.17, 15) is 17.6 Å². The molecular weight excluding hydrogens is 578 g/mol. The van der Waals surface area contributed by atoms with Crippen molar-refractivity contribution < 1.29 is 17.6 Å². The van der Waals surface area contributed by atoms with Gasteiger partial charge in [-0.05, 0) is 77.9 Å². The van der Waals surface area contributed by atoms with Gasteiger partial charge in [0.15, 0.2) is 0 Å². The number of hydrogen-bond donors (Lipinski definition) is 0. The van der Waals surface area contributed by atoms with Crippen LogP contribution in [0.25, 0.3) is 0 Å². The molecule has 0 spiro atoms. The Morgan fingerprint density at radius 2 is 1.74 bits per heavy atom. The molecule has 1 atom stereocenters. The third-order valence-electron chi connectivity index (χ3n) is 6.79. The van der Waals surface area contributed by atoms with Crippen molar-refractivity contribution in [3.8, 4) is 0 Å². The van der Waals surface area contributed by atoms with Gasteiger partial charge in [0.25, 0.3) is 0 Å². The zero-order valence-electron chi connectivity index (χ0n) is 21.0. The Hall–Kier alpha value is -2.75. The molecule has 202 valence electrons. The van der Waals surface area contributed by atoms with Gasteiger partial charge in [0.2, 0.25) is 15.9 Å². The molecule has 3 aromatic carbocycles. The van der Waals surface area contributed by atoms with Gasteiger partial charge < -0.3 is 4.90 Å². The van der Waals surface area contributed by atoms with E-state index in [1.807, 2.05) is 24.4 Å². The summed E-state index contributed by atoms with van der Waals surface area (Å²) in [7, 11) is -4.05. The van der Waals surface area contributed by atoms with E-state index in [-0.39, 0.29) is 17.3 Å². The minimum atomic E-state index is -4.05. The number of nitrogens with zero attached hydrogens (tertiary/aromatic N) is 2. The number of thiophene rings is 1. The van der Waals surface area contributed by atoms with Crippen LogP contribution in [0.3, 0.4) is 0 Å². The van der Waals surface area contributed by atoms with Crippen molar-refractivity contribution in [1.29, 1.82) is 0 Å². The van der Waals surface area contributed by atoms with Gasteiger partial charge in [-0.15, -0.1) is 11.3 Å². The molecule has 0 saturated carbocycles. The molecule has 0 saturated heterocycles. The van der Waals surface area contributed by atoms with Crippen LogP contribution in [0, 0.1) is 12.7 Å². The van der Waals surface area contributed by atoms with Gasteiger partial charge in [-0.25, -0.2) is 12.8 Å². The van der Waals surface area contributed by atoms with E-state index >= 15 is 0 Å². The number of sulfonamides is 1. The summed E-state index contributed by atoms with van der Waals surface area (Å²) in [4.78, 5) is 16.9. The first kappa shape index (κ1) is 27.8. The molecule has 1 aliphatic rings. The highest BCUT2D eigenvalue weighted by atomic mass is 35.5. The van der Waals surface area contributed by atoms with E-state index in [0.29, 0.717) is 28.6 Å². The van der Waals surface area contributed by atoms with Gasteiger partial charge in [-0.3, -0.25) is 4.79 Å². The number of hydrogen-bond acceptors (Lipinski definition) is 4. The number of fused-ring (bicyclic) bond motifs is 1. The van der Waals surface area contributed by atoms with Gasteiger partial charge in [0.05, 0.1) is 17.5 Å². The van der Waals surface area contributed by atoms with E-state index in [2.05, 4.69) is 0 Å². The fourth-order valence-corrected chi connectivity index (χ4v) is 7.56. The fraction of sp³-hybridized carbons (Fsp3) is 0.207. The summed E-state index contributed by atoms with van der Waals surface area (Å²) in [6, 6.07) is 18.8. The Kier molecular flexibility index (Phi) is 8.12. The largest absolute Gasteiger partial charge is 0.330 e. The van der Waals surface area contributed by atoms with Crippen LogP contribution < -0.4 is 0 Å². The third kappa shape index (κ3) is 5.90. The van der Waals surface area contributed by atoms with Crippen LogP contribution in [0.1, 0.15) is 33.2 Å². The molecule has 5 nitrogen and oxygen atoms in total. The summed E-state index contributed by atoms with van der Waals surface area (Å²) in [5.74, 6) is -0.786. The third-order valence-corrected chi connectivity index (χ3v) is 10.2. The molecule has 1 aliphatic heterocycles. The second kappa shape index (κ2) is 11.4. The van der Waals surface area contributed by atoms with Crippen LogP contribution in [-0.4, -0.2) is 36.6 Å². The Balaban J connectivity index is 1.51. The highest BCUT2D eigenvalue weighted by Crippen LogP contribution is 2.41. The highest BCUT2D eigenvalue weighted by Gasteiger charge is 2.36. The van der Waals surface area contributed by atoms with Crippen molar-refractivity contribution in [3.63, 3.8) is 0 Å². The monoisotopic (exact) mass is 602 g/mol. The second-order valence-corrected chi connectivity index (χ2v) is 13.2. The van der Waals surface area contributed by atoms with Crippen LogP contribution in [0.2, 0.25) is 10.0 Å². The fourth-order valence-electron chi connectivity index (χ4n) is 4.76. The van der Waals surface area contributed by atoms with Crippen molar-refractivity contribution in [2.75, 3.05) is 13.1 Å². The number of carbonyl (C=O) groups excluding carboxylic acids is 1. The summed E-state index contributed by atoms with van der Waals surface area (Å²) in [6.07, 6.45) is 0.656. The topological polar surface area (TPSA) is 57.7 Å². The summed E-state index contributed by atoms with van der Waals surface area (Å²) in [5, 5.41) is 2.90. The maximum absolute atomic E-state index is 14.0. The predicted octanol–water partition coefficient (Wildman–Crippen LogP) is 6.87. The van der Waals surface area contributed by atoms with Gasteiger partial charge in [0.1, 0.15) is 5.82 Å². The van der Waals surface area contributed by atoms with Crippen molar-refractivity contribution >= 4 is 50.5 Å².